The van der Waals surface area contributed by atoms with Crippen molar-refractivity contribution >= 4 is 40.6 Å². The number of nitrogens with two attached hydrogens (primary N) is 2. The zero-order chi connectivity index (χ0) is 30.8. The van der Waals surface area contributed by atoms with E-state index >= 15 is 0 Å². The third-order valence-electron chi connectivity index (χ3n) is 7.14. The predicted molar refractivity (Wildman–Crippen MR) is 159 cm³/mol. The number of alkyl halides is 4. The predicted octanol–water partition coefficient (Wildman–Crippen LogP) is 7.74. The minimum Gasteiger partial charge on any atom is -0.493 e. The van der Waals surface area contributed by atoms with Crippen LogP contribution in [0.2, 0.25) is 10.0 Å². The molecule has 0 fully saturated rings. The fourth-order valence-corrected chi connectivity index (χ4v) is 4.76. The van der Waals surface area contributed by atoms with Crippen molar-refractivity contribution in [2.75, 3.05) is 13.0 Å². The van der Waals surface area contributed by atoms with Gasteiger partial charge in [0.25, 0.3) is 0 Å². The lowest BCUT2D eigenvalue weighted by Gasteiger charge is -2.30. The maximum absolute atomic E-state index is 14.0. The van der Waals surface area contributed by atoms with E-state index in [0.717, 1.165) is 24.5 Å². The Bertz CT molecular complexity index is 1290. The smallest absolute Gasteiger partial charge is 0.419 e. The molecule has 1 aromatic heterocycles. The number of nitrogens with zero attached hydrogens (tertiary/aromatic N) is 2. The molecule has 0 spiro atoms. The van der Waals surface area contributed by atoms with Gasteiger partial charge in [0.1, 0.15) is 5.75 Å². The largest absolute Gasteiger partial charge is 0.493 e. The average molecular weight is 637 g/mol. The summed E-state index contributed by atoms with van der Waals surface area (Å²) in [4.78, 5) is 4.47. The van der Waals surface area contributed by atoms with Crippen LogP contribution >= 0.6 is 34.8 Å². The number of hydrogen-bond donors (Lipinski definition) is 2. The molecule has 2 aromatic carbocycles. The normalized spacial score (nSPS) is 13.6. The topological polar surface area (TPSA) is 99.8 Å². The molecule has 12 heteroatoms. The Morgan fingerprint density at radius 3 is 2.37 bits per heavy atom. The van der Waals surface area contributed by atoms with E-state index in [1.807, 2.05) is 19.9 Å². The molecule has 1 heterocycles. The summed E-state index contributed by atoms with van der Waals surface area (Å²) in [5.41, 5.74) is 5.60. The molecule has 2 unspecified atom stereocenters. The number of unbranched alkanes of at least 4 members (excludes halogenated alkanes) is 1. The zero-order valence-electron chi connectivity index (χ0n) is 23.6. The molecule has 3 rings (SSSR count). The second kappa shape index (κ2) is 15.7. The van der Waals surface area contributed by atoms with E-state index in [9.17, 15) is 13.2 Å². The second-order valence-corrected chi connectivity index (χ2v) is 10.6. The van der Waals surface area contributed by atoms with Gasteiger partial charge in [-0.15, -0.1) is 11.6 Å². The Labute approximate surface area is 254 Å². The molecule has 2 atom stereocenters. The zero-order valence-corrected chi connectivity index (χ0v) is 25.9. The molecule has 0 radical (unpaired) electrons. The van der Waals surface area contributed by atoms with Gasteiger partial charge >= 0.3 is 6.18 Å². The number of hydrogen-bond acceptors (Lipinski definition) is 4. The Morgan fingerprint density at radius 2 is 1.78 bits per heavy atom. The van der Waals surface area contributed by atoms with Crippen LogP contribution in [-0.2, 0) is 12.6 Å². The highest BCUT2D eigenvalue weighted by atomic mass is 35.5. The van der Waals surface area contributed by atoms with Gasteiger partial charge < -0.3 is 9.26 Å². The van der Waals surface area contributed by atoms with Crippen LogP contribution in [0.15, 0.2) is 40.9 Å². The maximum atomic E-state index is 14.0. The Morgan fingerprint density at radius 1 is 1.07 bits per heavy atom. The van der Waals surface area contributed by atoms with Crippen molar-refractivity contribution < 1.29 is 27.8 Å². The Hall–Kier alpha value is -2.49. The van der Waals surface area contributed by atoms with Gasteiger partial charge in [0.05, 0.1) is 33.5 Å². The molecule has 0 saturated carbocycles. The molecule has 4 N–H and O–H groups in total. The SMILES string of the molecule is CCCCC(c1nc(-c2ccc(OCCCc3ccc(Cl)c(Cl)c3)c(C(F)(F)F)c2)no1)C(C)(CC)C(N)=[NH2+].CCl. The number of benzene rings is 2. The van der Waals surface area contributed by atoms with E-state index in [0.29, 0.717) is 41.6 Å². The molecule has 0 aliphatic carbocycles. The van der Waals surface area contributed by atoms with E-state index in [2.05, 4.69) is 28.7 Å². The van der Waals surface area contributed by atoms with Crippen molar-refractivity contribution in [2.24, 2.45) is 11.1 Å². The van der Waals surface area contributed by atoms with Gasteiger partial charge in [-0.3, -0.25) is 11.1 Å². The monoisotopic (exact) mass is 635 g/mol. The summed E-state index contributed by atoms with van der Waals surface area (Å²) in [5.74, 6) is 0.0679. The Kier molecular flexibility index (Phi) is 13.3. The summed E-state index contributed by atoms with van der Waals surface area (Å²) in [6.45, 7) is 6.04. The van der Waals surface area contributed by atoms with E-state index in [-0.39, 0.29) is 35.5 Å². The van der Waals surface area contributed by atoms with Gasteiger partial charge in [-0.2, -0.15) is 18.2 Å². The highest BCUT2D eigenvalue weighted by Gasteiger charge is 2.43. The van der Waals surface area contributed by atoms with Crippen molar-refractivity contribution in [1.82, 2.24) is 10.1 Å². The number of aryl methyl sites for hydroxylation is 1. The summed E-state index contributed by atoms with van der Waals surface area (Å²) < 4.78 is 53.0. The van der Waals surface area contributed by atoms with Crippen LogP contribution < -0.4 is 15.9 Å². The molecule has 0 saturated heterocycles. The first-order valence-corrected chi connectivity index (χ1v) is 14.8. The quantitative estimate of drug-likeness (QED) is 0.0866. The van der Waals surface area contributed by atoms with Gasteiger partial charge in [0.15, 0.2) is 0 Å². The van der Waals surface area contributed by atoms with Crippen LogP contribution in [0.3, 0.4) is 0 Å². The summed E-state index contributed by atoms with van der Waals surface area (Å²) >= 11 is 16.6. The average Bonchev–Trinajstić information content (AvgIpc) is 3.43. The molecule has 6 nitrogen and oxygen atoms in total. The van der Waals surface area contributed by atoms with E-state index in [1.165, 1.54) is 18.5 Å². The lowest BCUT2D eigenvalue weighted by molar-refractivity contribution is -0.139. The van der Waals surface area contributed by atoms with Crippen LogP contribution in [0.4, 0.5) is 13.2 Å². The summed E-state index contributed by atoms with van der Waals surface area (Å²) in [7, 11) is 0. The second-order valence-electron chi connectivity index (χ2n) is 9.79. The maximum Gasteiger partial charge on any atom is 0.419 e. The first-order valence-electron chi connectivity index (χ1n) is 13.3. The van der Waals surface area contributed by atoms with Crippen LogP contribution in [-0.4, -0.2) is 29.0 Å². The number of rotatable bonds is 13. The van der Waals surface area contributed by atoms with Gasteiger partial charge in [-0.1, -0.05) is 61.1 Å². The third-order valence-corrected chi connectivity index (χ3v) is 7.88. The lowest BCUT2D eigenvalue weighted by atomic mass is 9.71. The number of halogens is 6. The lowest BCUT2D eigenvalue weighted by Crippen LogP contribution is -2.56. The molecule has 0 bridgehead atoms. The molecule has 0 aliphatic rings. The minimum atomic E-state index is -4.64. The molecule has 0 aliphatic heterocycles. The molecule has 0 amide bonds. The van der Waals surface area contributed by atoms with E-state index in [1.54, 1.807) is 12.1 Å². The first kappa shape index (κ1) is 34.7. The van der Waals surface area contributed by atoms with Crippen molar-refractivity contribution in [1.29, 1.82) is 0 Å². The molecular weight excluding hydrogens is 600 g/mol. The number of ether oxygens (including phenoxy) is 1. The van der Waals surface area contributed by atoms with Crippen molar-refractivity contribution in [3.05, 3.63) is 63.5 Å². The molecule has 41 heavy (non-hydrogen) atoms. The fraction of sp³-hybridized carbons (Fsp3) is 0.483. The van der Waals surface area contributed by atoms with E-state index < -0.39 is 17.2 Å². The number of amidine groups is 1. The van der Waals surface area contributed by atoms with Crippen molar-refractivity contribution in [2.45, 2.75) is 71.4 Å². The van der Waals surface area contributed by atoms with Crippen molar-refractivity contribution in [3.8, 4) is 17.1 Å². The third kappa shape index (κ3) is 9.00. The molecule has 226 valence electrons. The summed E-state index contributed by atoms with van der Waals surface area (Å²) in [5, 5.41) is 10.9. The summed E-state index contributed by atoms with van der Waals surface area (Å²) in [6, 6.07) is 8.98. The fourth-order valence-electron chi connectivity index (χ4n) is 4.44. The van der Waals surface area contributed by atoms with Gasteiger partial charge in [-0.25, -0.2) is 0 Å². The standard InChI is InChI=1S/C28H33Cl2F3N4O2.CH3Cl/c1-4-6-9-19(27(3,5-2)26(34)35)25-36-24(37-39-25)18-11-13-23(20(16-18)28(31,32)33)38-14-7-8-17-10-12-21(29)22(30)15-17;1-2/h10-13,15-16,19H,4-9,14H2,1-3H3,(H3,34,35);1H3/p+1. The van der Waals surface area contributed by atoms with Crippen LogP contribution in [0, 0.1) is 5.41 Å². The molecular formula is C29H37Cl3F3N4O2+. The van der Waals surface area contributed by atoms with Crippen LogP contribution in [0.1, 0.15) is 75.8 Å². The minimum absolute atomic E-state index is 0.0530. The van der Waals surface area contributed by atoms with Gasteiger partial charge in [0, 0.05) is 11.9 Å². The van der Waals surface area contributed by atoms with Crippen LogP contribution in [0.25, 0.3) is 11.4 Å². The highest BCUT2D eigenvalue weighted by Crippen LogP contribution is 2.42. The highest BCUT2D eigenvalue weighted by molar-refractivity contribution is 6.42. The summed E-state index contributed by atoms with van der Waals surface area (Å²) in [6.07, 6.45) is 1.03. The van der Waals surface area contributed by atoms with Crippen molar-refractivity contribution in [3.63, 3.8) is 0 Å². The first-order chi connectivity index (χ1) is 19.4. The van der Waals surface area contributed by atoms with Gasteiger partial charge in [0.2, 0.25) is 17.6 Å². The van der Waals surface area contributed by atoms with Gasteiger partial charge in [-0.05, 0) is 68.5 Å². The molecule has 3 aromatic rings. The van der Waals surface area contributed by atoms with E-state index in [4.69, 9.17) is 43.6 Å². The Balaban J connectivity index is 0.00000287. The van der Waals surface area contributed by atoms with Crippen LogP contribution in [0.5, 0.6) is 5.75 Å². The number of aromatic nitrogens is 2.